The van der Waals surface area contributed by atoms with Gasteiger partial charge < -0.3 is 15.1 Å². The molecule has 3 rings (SSSR count). The molecule has 2 aromatic rings. The molecule has 5 nitrogen and oxygen atoms in total. The van der Waals surface area contributed by atoms with Crippen LogP contribution in [0.2, 0.25) is 0 Å². The second-order valence-electron chi connectivity index (χ2n) is 6.96. The average molecular weight is 390 g/mol. The van der Waals surface area contributed by atoms with Gasteiger partial charge in [-0.05, 0) is 36.7 Å². The highest BCUT2D eigenvalue weighted by Crippen LogP contribution is 2.24. The van der Waals surface area contributed by atoms with E-state index < -0.39 is 0 Å². The summed E-state index contributed by atoms with van der Waals surface area (Å²) in [6, 6.07) is 13.8. The normalized spacial score (nSPS) is 14.7. The highest BCUT2D eigenvalue weighted by atomic mass is 35.5. The Kier molecular flexibility index (Phi) is 7.63. The number of nitrogens with zero attached hydrogens (tertiary/aromatic N) is 2. The standard InChI is InChI=1S/C21H27N3O2.ClH/c1-22-12-15-23(2)20(25)17-10-13-24(14-11-17)21(26)19-9-5-7-16-6-3-4-8-18(16)19;/h3-9,17,22H,10-15H2,1-2H3;1H. The third kappa shape index (κ3) is 4.79. The van der Waals surface area contributed by atoms with E-state index in [1.54, 1.807) is 4.90 Å². The Morgan fingerprint density at radius 2 is 1.78 bits per heavy atom. The summed E-state index contributed by atoms with van der Waals surface area (Å²) < 4.78 is 0. The number of amides is 2. The molecule has 1 saturated heterocycles. The molecule has 0 radical (unpaired) electrons. The molecule has 0 bridgehead atoms. The topological polar surface area (TPSA) is 52.7 Å². The molecular formula is C21H28ClN3O2. The lowest BCUT2D eigenvalue weighted by Crippen LogP contribution is -2.44. The largest absolute Gasteiger partial charge is 0.344 e. The monoisotopic (exact) mass is 389 g/mol. The van der Waals surface area contributed by atoms with Crippen LogP contribution in [0.4, 0.5) is 0 Å². The van der Waals surface area contributed by atoms with Crippen LogP contribution in [-0.4, -0.2) is 61.9 Å². The van der Waals surface area contributed by atoms with E-state index in [9.17, 15) is 9.59 Å². The van der Waals surface area contributed by atoms with E-state index in [2.05, 4.69) is 5.32 Å². The third-order valence-corrected chi connectivity index (χ3v) is 5.22. The van der Waals surface area contributed by atoms with Crippen LogP contribution in [0, 0.1) is 5.92 Å². The number of nitrogens with one attached hydrogen (secondary N) is 1. The molecule has 1 aliphatic rings. The van der Waals surface area contributed by atoms with Gasteiger partial charge in [0.2, 0.25) is 5.91 Å². The highest BCUT2D eigenvalue weighted by molar-refractivity contribution is 6.07. The van der Waals surface area contributed by atoms with Crippen LogP contribution in [0.5, 0.6) is 0 Å². The summed E-state index contributed by atoms with van der Waals surface area (Å²) in [5.74, 6) is 0.280. The highest BCUT2D eigenvalue weighted by Gasteiger charge is 2.29. The van der Waals surface area contributed by atoms with Crippen molar-refractivity contribution in [1.82, 2.24) is 15.1 Å². The minimum absolute atomic E-state index is 0. The Morgan fingerprint density at radius 3 is 2.48 bits per heavy atom. The summed E-state index contributed by atoms with van der Waals surface area (Å²) in [5, 5.41) is 5.13. The fourth-order valence-electron chi connectivity index (χ4n) is 3.61. The number of likely N-dealkylation sites (tertiary alicyclic amines) is 1. The predicted molar refractivity (Wildman–Crippen MR) is 111 cm³/mol. The van der Waals surface area contributed by atoms with Gasteiger partial charge in [0.25, 0.3) is 5.91 Å². The lowest BCUT2D eigenvalue weighted by molar-refractivity contribution is -0.135. The van der Waals surface area contributed by atoms with Crippen LogP contribution in [0.3, 0.4) is 0 Å². The van der Waals surface area contributed by atoms with Crippen LogP contribution in [0.1, 0.15) is 23.2 Å². The molecule has 0 aromatic heterocycles. The SMILES string of the molecule is CNCCN(C)C(=O)C1CCN(C(=O)c2cccc3ccccc23)CC1.Cl. The predicted octanol–water partition coefficient (Wildman–Crippen LogP) is 2.79. The Bertz CT molecular complexity index is 783. The van der Waals surface area contributed by atoms with Crippen LogP contribution in [-0.2, 0) is 4.79 Å². The van der Waals surface area contributed by atoms with Gasteiger partial charge in [-0.25, -0.2) is 0 Å². The number of halogens is 1. The minimum Gasteiger partial charge on any atom is -0.344 e. The first-order valence-corrected chi connectivity index (χ1v) is 9.28. The number of piperidine rings is 1. The molecule has 1 N–H and O–H groups in total. The van der Waals surface area contributed by atoms with E-state index in [1.165, 1.54) is 0 Å². The van der Waals surface area contributed by atoms with E-state index in [-0.39, 0.29) is 30.1 Å². The van der Waals surface area contributed by atoms with Crippen molar-refractivity contribution in [2.45, 2.75) is 12.8 Å². The summed E-state index contributed by atoms with van der Waals surface area (Å²) in [6.07, 6.45) is 1.47. The molecular weight excluding hydrogens is 362 g/mol. The number of carbonyl (C=O) groups is 2. The molecule has 27 heavy (non-hydrogen) atoms. The van der Waals surface area contributed by atoms with Crippen molar-refractivity contribution in [3.63, 3.8) is 0 Å². The number of fused-ring (bicyclic) bond motifs is 1. The lowest BCUT2D eigenvalue weighted by Gasteiger charge is -2.33. The van der Waals surface area contributed by atoms with Crippen LogP contribution < -0.4 is 5.32 Å². The molecule has 0 atom stereocenters. The van der Waals surface area contributed by atoms with Gasteiger partial charge in [-0.1, -0.05) is 36.4 Å². The second-order valence-corrected chi connectivity index (χ2v) is 6.96. The number of hydrogen-bond acceptors (Lipinski definition) is 3. The van der Waals surface area contributed by atoms with Crippen molar-refractivity contribution < 1.29 is 9.59 Å². The van der Waals surface area contributed by atoms with Crippen molar-refractivity contribution in [3.05, 3.63) is 48.0 Å². The van der Waals surface area contributed by atoms with Crippen molar-refractivity contribution in [3.8, 4) is 0 Å². The second kappa shape index (κ2) is 9.72. The molecule has 0 unspecified atom stereocenters. The van der Waals surface area contributed by atoms with Gasteiger partial charge in [0.1, 0.15) is 0 Å². The van der Waals surface area contributed by atoms with E-state index in [0.717, 1.165) is 35.7 Å². The molecule has 0 saturated carbocycles. The first-order chi connectivity index (χ1) is 12.6. The van der Waals surface area contributed by atoms with Crippen molar-refractivity contribution >= 4 is 35.0 Å². The zero-order chi connectivity index (χ0) is 18.5. The summed E-state index contributed by atoms with van der Waals surface area (Å²) >= 11 is 0. The Morgan fingerprint density at radius 1 is 1.11 bits per heavy atom. The fraction of sp³-hybridized carbons (Fsp3) is 0.429. The number of likely N-dealkylation sites (N-methyl/N-ethyl adjacent to an activating group) is 2. The molecule has 6 heteroatoms. The number of carbonyl (C=O) groups excluding carboxylic acids is 2. The number of rotatable bonds is 5. The fourth-order valence-corrected chi connectivity index (χ4v) is 3.61. The van der Waals surface area contributed by atoms with E-state index in [4.69, 9.17) is 0 Å². The minimum atomic E-state index is 0. The van der Waals surface area contributed by atoms with Gasteiger partial charge in [0.05, 0.1) is 0 Å². The molecule has 1 heterocycles. The van der Waals surface area contributed by atoms with Crippen molar-refractivity contribution in [2.24, 2.45) is 5.92 Å². The number of hydrogen-bond donors (Lipinski definition) is 1. The van der Waals surface area contributed by atoms with Gasteiger partial charge in [-0.2, -0.15) is 0 Å². The molecule has 146 valence electrons. The van der Waals surface area contributed by atoms with Crippen LogP contribution in [0.25, 0.3) is 10.8 Å². The molecule has 0 aliphatic carbocycles. The lowest BCUT2D eigenvalue weighted by atomic mass is 9.94. The van der Waals surface area contributed by atoms with Gasteiger partial charge in [0, 0.05) is 44.7 Å². The first-order valence-electron chi connectivity index (χ1n) is 9.28. The van der Waals surface area contributed by atoms with Crippen LogP contribution in [0.15, 0.2) is 42.5 Å². The maximum atomic E-state index is 13.0. The first kappa shape index (κ1) is 21.2. The molecule has 2 amide bonds. The van der Waals surface area contributed by atoms with E-state index in [1.807, 2.05) is 61.5 Å². The van der Waals surface area contributed by atoms with Gasteiger partial charge in [-0.3, -0.25) is 9.59 Å². The van der Waals surface area contributed by atoms with Gasteiger partial charge in [-0.15, -0.1) is 12.4 Å². The molecule has 1 fully saturated rings. The maximum absolute atomic E-state index is 13.0. The number of benzene rings is 2. The van der Waals surface area contributed by atoms with E-state index >= 15 is 0 Å². The van der Waals surface area contributed by atoms with Gasteiger partial charge in [0.15, 0.2) is 0 Å². The molecule has 0 spiro atoms. The zero-order valence-corrected chi connectivity index (χ0v) is 16.8. The van der Waals surface area contributed by atoms with Crippen LogP contribution >= 0.6 is 12.4 Å². The summed E-state index contributed by atoms with van der Waals surface area (Å²) in [5.41, 5.74) is 0.749. The Labute approximate surface area is 167 Å². The smallest absolute Gasteiger partial charge is 0.254 e. The van der Waals surface area contributed by atoms with Gasteiger partial charge >= 0.3 is 0 Å². The average Bonchev–Trinajstić information content (AvgIpc) is 2.70. The summed E-state index contributed by atoms with van der Waals surface area (Å²) in [7, 11) is 3.74. The summed E-state index contributed by atoms with van der Waals surface area (Å²) in [6.45, 7) is 2.78. The summed E-state index contributed by atoms with van der Waals surface area (Å²) in [4.78, 5) is 29.2. The maximum Gasteiger partial charge on any atom is 0.254 e. The quantitative estimate of drug-likeness (QED) is 0.855. The molecule has 1 aliphatic heterocycles. The molecule has 2 aromatic carbocycles. The third-order valence-electron chi connectivity index (χ3n) is 5.22. The van der Waals surface area contributed by atoms with E-state index in [0.29, 0.717) is 19.6 Å². The van der Waals surface area contributed by atoms with Crippen molar-refractivity contribution in [2.75, 3.05) is 40.3 Å². The van der Waals surface area contributed by atoms with Crippen molar-refractivity contribution in [1.29, 1.82) is 0 Å². The zero-order valence-electron chi connectivity index (χ0n) is 16.0. The Balaban J connectivity index is 0.00000261. The Hall–Kier alpha value is -2.11.